The molecule has 1 aromatic carbocycles. The molecule has 0 saturated carbocycles. The second-order valence-electron chi connectivity index (χ2n) is 6.31. The maximum absolute atomic E-state index is 3.24. The summed E-state index contributed by atoms with van der Waals surface area (Å²) in [6.45, 7) is 8.01. The molecule has 0 aliphatic heterocycles. The third kappa shape index (κ3) is 3.96. The Hall–Kier alpha value is -1.12. The van der Waals surface area contributed by atoms with Crippen LogP contribution in [0.4, 0.5) is 0 Å². The van der Waals surface area contributed by atoms with Gasteiger partial charge in [-0.3, -0.25) is 0 Å². The van der Waals surface area contributed by atoms with Crippen LogP contribution >= 0.6 is 11.3 Å². The second-order valence-corrected chi connectivity index (χ2v) is 7.39. The van der Waals surface area contributed by atoms with Crippen LogP contribution in [0, 0.1) is 0 Å². The van der Waals surface area contributed by atoms with Gasteiger partial charge in [-0.15, -0.1) is 11.3 Å². The molecule has 0 amide bonds. The number of hydrogen-bond acceptors (Lipinski definition) is 2. The minimum Gasteiger partial charge on any atom is -0.319 e. The molecule has 0 saturated heterocycles. The predicted molar refractivity (Wildman–Crippen MR) is 95.3 cm³/mol. The molecule has 0 unspecified atom stereocenters. The topological polar surface area (TPSA) is 12.0 Å². The first kappa shape index (κ1) is 16.3. The van der Waals surface area contributed by atoms with E-state index in [1.165, 1.54) is 33.7 Å². The van der Waals surface area contributed by atoms with Gasteiger partial charge >= 0.3 is 0 Å². The van der Waals surface area contributed by atoms with E-state index >= 15 is 0 Å². The minimum absolute atomic E-state index is 0.289. The Morgan fingerprint density at radius 3 is 2.57 bits per heavy atom. The number of hydrogen-bond donors (Lipinski definition) is 1. The summed E-state index contributed by atoms with van der Waals surface area (Å²) in [6.07, 6.45) is 3.56. The van der Waals surface area contributed by atoms with Crippen LogP contribution in [-0.4, -0.2) is 13.6 Å². The highest BCUT2D eigenvalue weighted by atomic mass is 32.1. The fourth-order valence-corrected chi connectivity index (χ4v) is 4.03. The Morgan fingerprint density at radius 2 is 1.86 bits per heavy atom. The van der Waals surface area contributed by atoms with Gasteiger partial charge in [0.15, 0.2) is 0 Å². The fourth-order valence-electron chi connectivity index (χ4n) is 2.83. The van der Waals surface area contributed by atoms with Crippen LogP contribution in [0.5, 0.6) is 0 Å². The molecule has 1 heterocycles. The van der Waals surface area contributed by atoms with Gasteiger partial charge in [0.05, 0.1) is 0 Å². The Morgan fingerprint density at radius 1 is 1.10 bits per heavy atom. The van der Waals surface area contributed by atoms with Gasteiger partial charge in [-0.05, 0) is 55.1 Å². The van der Waals surface area contributed by atoms with Crippen molar-refractivity contribution in [3.05, 3.63) is 46.8 Å². The SMILES string of the molecule is CCCC(C)(C)c1ccc(-c2ccccc2CCNC)s1. The summed E-state index contributed by atoms with van der Waals surface area (Å²) in [5.74, 6) is 0. The van der Waals surface area contributed by atoms with Crippen LogP contribution in [-0.2, 0) is 11.8 Å². The fraction of sp³-hybridized carbons (Fsp3) is 0.474. The van der Waals surface area contributed by atoms with Gasteiger partial charge in [-0.1, -0.05) is 51.5 Å². The number of likely N-dealkylation sites (N-methyl/N-ethyl adjacent to an activating group) is 1. The smallest absolute Gasteiger partial charge is 0.0348 e. The molecule has 0 atom stereocenters. The van der Waals surface area contributed by atoms with Crippen LogP contribution in [0.2, 0.25) is 0 Å². The molecule has 0 bridgehead atoms. The summed E-state index contributed by atoms with van der Waals surface area (Å²) in [7, 11) is 2.01. The molecular formula is C19H27NS. The predicted octanol–water partition coefficient (Wildman–Crippen LogP) is 5.25. The van der Waals surface area contributed by atoms with Crippen LogP contribution in [0.1, 0.15) is 44.1 Å². The maximum atomic E-state index is 3.24. The molecular weight excluding hydrogens is 274 g/mol. The molecule has 2 rings (SSSR count). The van der Waals surface area contributed by atoms with Crippen molar-refractivity contribution in [2.75, 3.05) is 13.6 Å². The molecule has 2 heteroatoms. The van der Waals surface area contributed by atoms with E-state index in [-0.39, 0.29) is 5.41 Å². The minimum atomic E-state index is 0.289. The van der Waals surface area contributed by atoms with E-state index in [0.29, 0.717) is 0 Å². The Bertz CT molecular complexity index is 568. The van der Waals surface area contributed by atoms with Crippen LogP contribution in [0.3, 0.4) is 0 Å². The highest BCUT2D eigenvalue weighted by Crippen LogP contribution is 2.38. The highest BCUT2D eigenvalue weighted by molar-refractivity contribution is 7.15. The molecule has 0 aliphatic carbocycles. The Kier molecular flexibility index (Phi) is 5.60. The lowest BCUT2D eigenvalue weighted by Gasteiger charge is -2.22. The van der Waals surface area contributed by atoms with E-state index in [0.717, 1.165) is 13.0 Å². The summed E-state index contributed by atoms with van der Waals surface area (Å²) < 4.78 is 0. The first-order valence-electron chi connectivity index (χ1n) is 7.91. The van der Waals surface area contributed by atoms with Crippen LogP contribution < -0.4 is 5.32 Å². The molecule has 1 nitrogen and oxygen atoms in total. The normalized spacial score (nSPS) is 11.8. The van der Waals surface area contributed by atoms with Crippen molar-refractivity contribution in [2.24, 2.45) is 0 Å². The lowest BCUT2D eigenvalue weighted by atomic mass is 9.86. The van der Waals surface area contributed by atoms with Crippen molar-refractivity contribution in [1.82, 2.24) is 5.32 Å². The Balaban J connectivity index is 2.29. The molecule has 2 aromatic rings. The summed E-state index contributed by atoms with van der Waals surface area (Å²) in [5, 5.41) is 3.24. The van der Waals surface area contributed by atoms with E-state index in [4.69, 9.17) is 0 Å². The van der Waals surface area contributed by atoms with Crippen LogP contribution in [0.15, 0.2) is 36.4 Å². The molecule has 1 N–H and O–H groups in total. The number of thiophene rings is 1. The van der Waals surface area contributed by atoms with Crippen molar-refractivity contribution < 1.29 is 0 Å². The van der Waals surface area contributed by atoms with Gasteiger partial charge in [0.1, 0.15) is 0 Å². The quantitative estimate of drug-likeness (QED) is 0.736. The molecule has 21 heavy (non-hydrogen) atoms. The lowest BCUT2D eigenvalue weighted by Crippen LogP contribution is -2.14. The van der Waals surface area contributed by atoms with E-state index in [1.807, 2.05) is 18.4 Å². The molecule has 0 radical (unpaired) electrons. The summed E-state index contributed by atoms with van der Waals surface area (Å²) in [4.78, 5) is 2.91. The Labute approximate surface area is 133 Å². The number of nitrogens with one attached hydrogen (secondary N) is 1. The third-order valence-corrected chi connectivity index (χ3v) is 5.56. The van der Waals surface area contributed by atoms with E-state index in [9.17, 15) is 0 Å². The monoisotopic (exact) mass is 301 g/mol. The van der Waals surface area contributed by atoms with E-state index in [2.05, 4.69) is 62.5 Å². The van der Waals surface area contributed by atoms with Crippen molar-refractivity contribution in [3.63, 3.8) is 0 Å². The lowest BCUT2D eigenvalue weighted by molar-refractivity contribution is 0.482. The van der Waals surface area contributed by atoms with Crippen molar-refractivity contribution >= 4 is 11.3 Å². The highest BCUT2D eigenvalue weighted by Gasteiger charge is 2.22. The second kappa shape index (κ2) is 7.24. The molecule has 114 valence electrons. The molecule has 0 aliphatic rings. The standard InChI is InChI=1S/C19H27NS/c1-5-13-19(2,3)18-11-10-17(21-18)16-9-7-6-8-15(16)12-14-20-4/h6-11,20H,5,12-14H2,1-4H3. The van der Waals surface area contributed by atoms with Gasteiger partial charge in [-0.25, -0.2) is 0 Å². The molecule has 1 aromatic heterocycles. The van der Waals surface area contributed by atoms with Crippen molar-refractivity contribution in [3.8, 4) is 10.4 Å². The molecule has 0 spiro atoms. The zero-order valence-electron chi connectivity index (χ0n) is 13.7. The van der Waals surface area contributed by atoms with Gasteiger partial charge in [0.2, 0.25) is 0 Å². The molecule has 0 fully saturated rings. The zero-order valence-corrected chi connectivity index (χ0v) is 14.5. The van der Waals surface area contributed by atoms with Gasteiger partial charge in [-0.2, -0.15) is 0 Å². The van der Waals surface area contributed by atoms with Crippen molar-refractivity contribution in [2.45, 2.75) is 45.4 Å². The first-order chi connectivity index (χ1) is 10.1. The van der Waals surface area contributed by atoms with E-state index in [1.54, 1.807) is 0 Å². The average Bonchev–Trinajstić information content (AvgIpc) is 2.96. The number of benzene rings is 1. The van der Waals surface area contributed by atoms with Gasteiger partial charge in [0.25, 0.3) is 0 Å². The average molecular weight is 301 g/mol. The van der Waals surface area contributed by atoms with Crippen molar-refractivity contribution in [1.29, 1.82) is 0 Å². The largest absolute Gasteiger partial charge is 0.319 e. The summed E-state index contributed by atoms with van der Waals surface area (Å²) in [5.41, 5.74) is 3.13. The maximum Gasteiger partial charge on any atom is 0.0348 e. The third-order valence-electron chi connectivity index (χ3n) is 4.08. The van der Waals surface area contributed by atoms with Gasteiger partial charge in [0, 0.05) is 9.75 Å². The zero-order chi connectivity index (χ0) is 15.3. The van der Waals surface area contributed by atoms with E-state index < -0.39 is 0 Å². The summed E-state index contributed by atoms with van der Waals surface area (Å²) >= 11 is 1.96. The first-order valence-corrected chi connectivity index (χ1v) is 8.73. The van der Waals surface area contributed by atoms with Gasteiger partial charge < -0.3 is 5.32 Å². The summed E-state index contributed by atoms with van der Waals surface area (Å²) in [6, 6.07) is 13.4. The number of rotatable bonds is 7. The van der Waals surface area contributed by atoms with Crippen LogP contribution in [0.25, 0.3) is 10.4 Å².